The molecule has 3 aromatic rings. The lowest BCUT2D eigenvalue weighted by atomic mass is 9.91. The van der Waals surface area contributed by atoms with Gasteiger partial charge in [0.05, 0.1) is 34.5 Å². The van der Waals surface area contributed by atoms with E-state index in [4.69, 9.17) is 16.3 Å². The lowest BCUT2D eigenvalue weighted by molar-refractivity contribution is -0.138. The monoisotopic (exact) mass is 531 g/mol. The predicted octanol–water partition coefficient (Wildman–Crippen LogP) is 6.43. The van der Waals surface area contributed by atoms with Crippen LogP contribution in [0.4, 0.5) is 10.5 Å². The SMILES string of the molecule is CCCCN1C(=O)NC(c2cccc(NC(=O)c3ccccc3Cl)c2)C(C(=O)OCC)=C1c1ccccc1. The molecule has 0 aromatic heterocycles. The van der Waals surface area contributed by atoms with Crippen LogP contribution in [-0.2, 0) is 9.53 Å². The van der Waals surface area contributed by atoms with Gasteiger partial charge in [0.15, 0.2) is 0 Å². The normalized spacial score (nSPS) is 15.2. The first-order valence-electron chi connectivity index (χ1n) is 12.6. The van der Waals surface area contributed by atoms with Crippen molar-refractivity contribution in [3.05, 3.63) is 106 Å². The van der Waals surface area contributed by atoms with Crippen LogP contribution in [0.2, 0.25) is 5.02 Å². The van der Waals surface area contributed by atoms with Crippen LogP contribution in [0.1, 0.15) is 54.2 Å². The minimum Gasteiger partial charge on any atom is -0.463 e. The lowest BCUT2D eigenvalue weighted by Crippen LogP contribution is -2.48. The number of rotatable bonds is 9. The van der Waals surface area contributed by atoms with Gasteiger partial charge in [0.1, 0.15) is 0 Å². The molecule has 0 fully saturated rings. The van der Waals surface area contributed by atoms with Gasteiger partial charge in [0, 0.05) is 12.2 Å². The topological polar surface area (TPSA) is 87.7 Å². The molecule has 2 N–H and O–H groups in total. The van der Waals surface area contributed by atoms with E-state index >= 15 is 0 Å². The summed E-state index contributed by atoms with van der Waals surface area (Å²) >= 11 is 6.19. The van der Waals surface area contributed by atoms with Crippen LogP contribution in [0.5, 0.6) is 0 Å². The summed E-state index contributed by atoms with van der Waals surface area (Å²) in [5.41, 5.74) is 3.08. The summed E-state index contributed by atoms with van der Waals surface area (Å²) < 4.78 is 5.48. The lowest BCUT2D eigenvalue weighted by Gasteiger charge is -2.37. The second kappa shape index (κ2) is 12.4. The molecule has 0 bridgehead atoms. The van der Waals surface area contributed by atoms with Crippen molar-refractivity contribution in [1.29, 1.82) is 0 Å². The van der Waals surface area contributed by atoms with E-state index in [0.717, 1.165) is 18.4 Å². The Morgan fingerprint density at radius 1 is 1.00 bits per heavy atom. The van der Waals surface area contributed by atoms with Crippen molar-refractivity contribution in [3.8, 4) is 0 Å². The Bertz CT molecular complexity index is 1360. The van der Waals surface area contributed by atoms with Gasteiger partial charge in [0.25, 0.3) is 5.91 Å². The fourth-order valence-electron chi connectivity index (χ4n) is 4.41. The van der Waals surface area contributed by atoms with Crippen LogP contribution < -0.4 is 10.6 Å². The summed E-state index contributed by atoms with van der Waals surface area (Å²) in [5.74, 6) is -0.874. The first kappa shape index (κ1) is 26.9. The second-order valence-electron chi connectivity index (χ2n) is 8.80. The Kier molecular flexibility index (Phi) is 8.81. The number of halogens is 1. The molecule has 196 valence electrons. The quantitative estimate of drug-likeness (QED) is 0.311. The number of ether oxygens (including phenoxy) is 1. The molecule has 4 rings (SSSR count). The third-order valence-corrected chi connectivity index (χ3v) is 6.53. The fourth-order valence-corrected chi connectivity index (χ4v) is 4.63. The Hall–Kier alpha value is -4.10. The van der Waals surface area contributed by atoms with E-state index < -0.39 is 12.0 Å². The standard InChI is InChI=1S/C30H30ClN3O4/c1-3-5-18-34-27(20-12-7-6-8-13-20)25(29(36)38-4-2)26(33-30(34)37)21-14-11-15-22(19-21)32-28(35)23-16-9-10-17-24(23)31/h6-17,19,26H,3-5,18H2,1-2H3,(H,32,35)(H,33,37). The second-order valence-corrected chi connectivity index (χ2v) is 9.20. The molecule has 1 unspecified atom stereocenters. The summed E-state index contributed by atoms with van der Waals surface area (Å²) in [6.07, 6.45) is 1.66. The zero-order valence-electron chi connectivity index (χ0n) is 21.4. The Labute approximate surface area is 227 Å². The number of benzene rings is 3. The van der Waals surface area contributed by atoms with E-state index in [9.17, 15) is 14.4 Å². The number of esters is 1. The van der Waals surface area contributed by atoms with Crippen LogP contribution >= 0.6 is 11.6 Å². The van der Waals surface area contributed by atoms with Crippen molar-refractivity contribution in [2.45, 2.75) is 32.7 Å². The Morgan fingerprint density at radius 3 is 2.45 bits per heavy atom. The highest BCUT2D eigenvalue weighted by molar-refractivity contribution is 6.34. The van der Waals surface area contributed by atoms with E-state index in [1.54, 1.807) is 60.4 Å². The number of amides is 3. The van der Waals surface area contributed by atoms with E-state index in [1.807, 2.05) is 37.3 Å². The number of carbonyl (C=O) groups excluding carboxylic acids is 3. The first-order valence-corrected chi connectivity index (χ1v) is 13.0. The molecular formula is C30H30ClN3O4. The summed E-state index contributed by atoms with van der Waals surface area (Å²) in [6, 6.07) is 22.1. The molecule has 0 spiro atoms. The molecule has 0 saturated heterocycles. The number of carbonyl (C=O) groups is 3. The van der Waals surface area contributed by atoms with Crippen LogP contribution in [0.25, 0.3) is 5.70 Å². The van der Waals surface area contributed by atoms with Gasteiger partial charge in [-0.05, 0) is 48.7 Å². The van der Waals surface area contributed by atoms with Crippen molar-refractivity contribution in [2.24, 2.45) is 0 Å². The smallest absolute Gasteiger partial charge is 0.338 e. The summed E-state index contributed by atoms with van der Waals surface area (Å²) in [7, 11) is 0. The number of hydrogen-bond donors (Lipinski definition) is 2. The number of anilines is 1. The molecule has 0 aliphatic carbocycles. The third-order valence-electron chi connectivity index (χ3n) is 6.20. The van der Waals surface area contributed by atoms with Crippen molar-refractivity contribution in [1.82, 2.24) is 10.2 Å². The van der Waals surface area contributed by atoms with Crippen molar-refractivity contribution < 1.29 is 19.1 Å². The van der Waals surface area contributed by atoms with Crippen LogP contribution in [0.3, 0.4) is 0 Å². The number of nitrogens with zero attached hydrogens (tertiary/aromatic N) is 1. The van der Waals surface area contributed by atoms with Gasteiger partial charge in [-0.3, -0.25) is 9.69 Å². The van der Waals surface area contributed by atoms with E-state index in [1.165, 1.54) is 0 Å². The van der Waals surface area contributed by atoms with E-state index in [-0.39, 0.29) is 18.5 Å². The van der Waals surface area contributed by atoms with Gasteiger partial charge in [0.2, 0.25) is 0 Å². The van der Waals surface area contributed by atoms with Crippen molar-refractivity contribution in [2.75, 3.05) is 18.5 Å². The molecule has 7 nitrogen and oxygen atoms in total. The molecule has 3 amide bonds. The average molecular weight is 532 g/mol. The Balaban J connectivity index is 1.79. The number of urea groups is 1. The van der Waals surface area contributed by atoms with E-state index in [0.29, 0.717) is 39.7 Å². The van der Waals surface area contributed by atoms with Gasteiger partial charge >= 0.3 is 12.0 Å². The average Bonchev–Trinajstić information content (AvgIpc) is 2.92. The molecule has 1 atom stereocenters. The maximum Gasteiger partial charge on any atom is 0.338 e. The maximum atomic E-state index is 13.4. The van der Waals surface area contributed by atoms with Crippen LogP contribution in [-0.4, -0.2) is 36.0 Å². The summed E-state index contributed by atoms with van der Waals surface area (Å²) in [5, 5.41) is 6.20. The first-order chi connectivity index (χ1) is 18.4. The molecule has 1 aliphatic heterocycles. The summed E-state index contributed by atoms with van der Waals surface area (Å²) in [4.78, 5) is 41.3. The molecular weight excluding hydrogens is 502 g/mol. The van der Waals surface area contributed by atoms with Gasteiger partial charge in [-0.1, -0.05) is 79.5 Å². The number of unbranched alkanes of at least 4 members (excludes halogenated alkanes) is 1. The molecule has 0 saturated carbocycles. The molecule has 0 radical (unpaired) electrons. The van der Waals surface area contributed by atoms with E-state index in [2.05, 4.69) is 10.6 Å². The van der Waals surface area contributed by atoms with Gasteiger partial charge in [-0.2, -0.15) is 0 Å². The molecule has 3 aromatic carbocycles. The fraction of sp³-hybridized carbons (Fsp3) is 0.233. The third kappa shape index (κ3) is 5.89. The molecule has 8 heteroatoms. The Morgan fingerprint density at radius 2 is 1.74 bits per heavy atom. The van der Waals surface area contributed by atoms with Gasteiger partial charge in [-0.15, -0.1) is 0 Å². The molecule has 1 aliphatic rings. The van der Waals surface area contributed by atoms with Crippen molar-refractivity contribution in [3.63, 3.8) is 0 Å². The zero-order valence-corrected chi connectivity index (χ0v) is 22.1. The largest absolute Gasteiger partial charge is 0.463 e. The van der Waals surface area contributed by atoms with Crippen LogP contribution in [0, 0.1) is 0 Å². The number of nitrogens with one attached hydrogen (secondary N) is 2. The highest BCUT2D eigenvalue weighted by atomic mass is 35.5. The van der Waals surface area contributed by atoms with Crippen molar-refractivity contribution >= 4 is 40.9 Å². The highest BCUT2D eigenvalue weighted by Crippen LogP contribution is 2.37. The minimum atomic E-state index is -0.785. The van der Waals surface area contributed by atoms with Gasteiger partial charge < -0.3 is 15.4 Å². The molecule has 38 heavy (non-hydrogen) atoms. The number of hydrogen-bond acceptors (Lipinski definition) is 4. The van der Waals surface area contributed by atoms with Gasteiger partial charge in [-0.25, -0.2) is 9.59 Å². The van der Waals surface area contributed by atoms with Crippen LogP contribution in [0.15, 0.2) is 84.4 Å². The maximum absolute atomic E-state index is 13.4. The minimum absolute atomic E-state index is 0.188. The predicted molar refractivity (Wildman–Crippen MR) is 149 cm³/mol. The highest BCUT2D eigenvalue weighted by Gasteiger charge is 2.38. The summed E-state index contributed by atoms with van der Waals surface area (Å²) in [6.45, 7) is 4.44. The molecule has 1 heterocycles. The zero-order chi connectivity index (χ0) is 27.1.